The number of hydrogen-bond acceptors (Lipinski definition) is 3. The number of amides is 2. The van der Waals surface area contributed by atoms with Crippen molar-refractivity contribution in [3.05, 3.63) is 65.2 Å². The zero-order chi connectivity index (χ0) is 20.6. The molecule has 0 aliphatic carbocycles. The van der Waals surface area contributed by atoms with Crippen LogP contribution in [0, 0.1) is 13.8 Å². The summed E-state index contributed by atoms with van der Waals surface area (Å²) in [4.78, 5) is 28.1. The number of piperazine rings is 1. The topological polar surface area (TPSA) is 53.9 Å². The maximum atomic E-state index is 12.5. The number of nitrogens with one attached hydrogen (secondary N) is 2. The Bertz CT molecular complexity index is 813. The smallest absolute Gasteiger partial charge is 0.279 e. The summed E-state index contributed by atoms with van der Waals surface area (Å²) >= 11 is 1.66. The maximum absolute atomic E-state index is 12.5. The molecule has 29 heavy (non-hydrogen) atoms. The number of thioether (sulfide) groups is 1. The first-order valence-electron chi connectivity index (χ1n) is 10.1. The van der Waals surface area contributed by atoms with Crippen LogP contribution in [-0.2, 0) is 15.3 Å². The highest BCUT2D eigenvalue weighted by Gasteiger charge is 2.25. The van der Waals surface area contributed by atoms with Crippen molar-refractivity contribution in [1.82, 2.24) is 4.90 Å². The number of para-hydroxylation sites is 1. The minimum atomic E-state index is 0.0376. The molecule has 154 valence electrons. The zero-order valence-electron chi connectivity index (χ0n) is 17.2. The van der Waals surface area contributed by atoms with Crippen molar-refractivity contribution < 1.29 is 14.5 Å². The van der Waals surface area contributed by atoms with E-state index in [0.717, 1.165) is 48.7 Å². The fourth-order valence-electron chi connectivity index (χ4n) is 3.59. The van der Waals surface area contributed by atoms with Gasteiger partial charge in [0.05, 0.1) is 31.9 Å². The third-order valence-corrected chi connectivity index (χ3v) is 6.30. The fourth-order valence-corrected chi connectivity index (χ4v) is 4.48. The molecule has 2 N–H and O–H groups in total. The number of carbonyl (C=O) groups is 2. The van der Waals surface area contributed by atoms with Crippen molar-refractivity contribution in [3.63, 3.8) is 0 Å². The van der Waals surface area contributed by atoms with Gasteiger partial charge in [0.15, 0.2) is 6.54 Å². The Labute approximate surface area is 177 Å². The molecule has 2 amide bonds. The predicted octanol–water partition coefficient (Wildman–Crippen LogP) is 1.90. The van der Waals surface area contributed by atoms with Gasteiger partial charge in [-0.1, -0.05) is 48.5 Å². The zero-order valence-corrected chi connectivity index (χ0v) is 18.1. The molecule has 0 atom stereocenters. The Morgan fingerprint density at radius 2 is 1.66 bits per heavy atom. The van der Waals surface area contributed by atoms with Gasteiger partial charge < -0.3 is 15.1 Å². The van der Waals surface area contributed by atoms with Crippen LogP contribution in [0.15, 0.2) is 48.5 Å². The third-order valence-electron chi connectivity index (χ3n) is 5.32. The van der Waals surface area contributed by atoms with Crippen molar-refractivity contribution >= 4 is 29.3 Å². The van der Waals surface area contributed by atoms with Crippen LogP contribution in [0.25, 0.3) is 0 Å². The predicted molar refractivity (Wildman–Crippen MR) is 119 cm³/mol. The molecular weight excluding hydrogens is 382 g/mol. The number of aryl methyl sites for hydroxylation is 2. The van der Waals surface area contributed by atoms with Gasteiger partial charge in [0, 0.05) is 11.4 Å². The summed E-state index contributed by atoms with van der Waals surface area (Å²) in [5.41, 5.74) is 4.32. The van der Waals surface area contributed by atoms with E-state index in [0.29, 0.717) is 12.3 Å². The highest BCUT2D eigenvalue weighted by Crippen LogP contribution is 2.19. The molecule has 5 nitrogen and oxygen atoms in total. The number of benzene rings is 2. The third kappa shape index (κ3) is 6.34. The van der Waals surface area contributed by atoms with Crippen molar-refractivity contribution in [3.8, 4) is 0 Å². The van der Waals surface area contributed by atoms with Gasteiger partial charge in [0.2, 0.25) is 5.91 Å². The van der Waals surface area contributed by atoms with Gasteiger partial charge in [0.1, 0.15) is 0 Å². The van der Waals surface area contributed by atoms with E-state index in [9.17, 15) is 9.59 Å². The number of quaternary nitrogens is 1. The molecule has 1 aliphatic heterocycles. The SMILES string of the molecule is Cc1cccc(C)c1NC(=O)C[NH+]1CCN(C(=O)CSCc2ccccc2)CC1. The van der Waals surface area contributed by atoms with Crippen molar-refractivity contribution in [1.29, 1.82) is 0 Å². The molecule has 3 rings (SSSR count). The second-order valence-electron chi connectivity index (χ2n) is 7.60. The Morgan fingerprint density at radius 3 is 2.31 bits per heavy atom. The quantitative estimate of drug-likeness (QED) is 0.730. The Balaban J connectivity index is 1.38. The highest BCUT2D eigenvalue weighted by atomic mass is 32.2. The Morgan fingerprint density at radius 1 is 1.00 bits per heavy atom. The first kappa shape index (κ1) is 21.4. The lowest BCUT2D eigenvalue weighted by molar-refractivity contribution is -0.895. The van der Waals surface area contributed by atoms with E-state index in [2.05, 4.69) is 17.4 Å². The van der Waals surface area contributed by atoms with Gasteiger partial charge in [-0.3, -0.25) is 9.59 Å². The minimum absolute atomic E-state index is 0.0376. The second-order valence-corrected chi connectivity index (χ2v) is 8.59. The van der Waals surface area contributed by atoms with Gasteiger partial charge >= 0.3 is 0 Å². The molecular formula is C23H30N3O2S+. The summed E-state index contributed by atoms with van der Waals surface area (Å²) in [6, 6.07) is 16.2. The molecule has 1 aliphatic rings. The molecule has 2 aromatic carbocycles. The van der Waals surface area contributed by atoms with Gasteiger partial charge in [0.25, 0.3) is 5.91 Å². The van der Waals surface area contributed by atoms with Gasteiger partial charge in [-0.2, -0.15) is 0 Å². The van der Waals surface area contributed by atoms with E-state index in [-0.39, 0.29) is 11.8 Å². The largest absolute Gasteiger partial charge is 0.331 e. The van der Waals surface area contributed by atoms with Gasteiger partial charge in [-0.15, -0.1) is 11.8 Å². The van der Waals surface area contributed by atoms with Crippen LogP contribution in [0.5, 0.6) is 0 Å². The Hall–Kier alpha value is -2.31. The van der Waals surface area contributed by atoms with E-state index in [1.165, 1.54) is 10.5 Å². The Kier molecular flexibility index (Phi) is 7.72. The van der Waals surface area contributed by atoms with Crippen molar-refractivity contribution in [2.75, 3.05) is 43.8 Å². The summed E-state index contributed by atoms with van der Waals surface area (Å²) in [6.45, 7) is 7.53. The van der Waals surface area contributed by atoms with Crippen LogP contribution in [-0.4, -0.2) is 55.2 Å². The fraction of sp³-hybridized carbons (Fsp3) is 0.391. The number of hydrogen-bond donors (Lipinski definition) is 2. The lowest BCUT2D eigenvalue weighted by Gasteiger charge is -2.32. The van der Waals surface area contributed by atoms with Crippen LogP contribution < -0.4 is 10.2 Å². The van der Waals surface area contributed by atoms with Gasteiger partial charge in [-0.05, 0) is 30.5 Å². The molecule has 0 unspecified atom stereocenters. The maximum Gasteiger partial charge on any atom is 0.279 e. The lowest BCUT2D eigenvalue weighted by Crippen LogP contribution is -3.15. The van der Waals surface area contributed by atoms with Gasteiger partial charge in [-0.25, -0.2) is 0 Å². The lowest BCUT2D eigenvalue weighted by atomic mass is 10.1. The van der Waals surface area contributed by atoms with Crippen LogP contribution >= 0.6 is 11.8 Å². The molecule has 1 fully saturated rings. The first-order chi connectivity index (χ1) is 14.0. The molecule has 1 heterocycles. The molecule has 0 radical (unpaired) electrons. The van der Waals surface area contributed by atoms with Crippen molar-refractivity contribution in [2.45, 2.75) is 19.6 Å². The van der Waals surface area contributed by atoms with Crippen LogP contribution in [0.1, 0.15) is 16.7 Å². The van der Waals surface area contributed by atoms with Crippen LogP contribution in [0.3, 0.4) is 0 Å². The van der Waals surface area contributed by atoms with E-state index < -0.39 is 0 Å². The average Bonchev–Trinajstić information content (AvgIpc) is 2.72. The average molecular weight is 413 g/mol. The van der Waals surface area contributed by atoms with E-state index in [1.807, 2.05) is 55.1 Å². The summed E-state index contributed by atoms with van der Waals surface area (Å²) in [5, 5.41) is 3.06. The summed E-state index contributed by atoms with van der Waals surface area (Å²) in [6.07, 6.45) is 0. The van der Waals surface area contributed by atoms with Crippen molar-refractivity contribution in [2.24, 2.45) is 0 Å². The van der Waals surface area contributed by atoms with Crippen LogP contribution in [0.4, 0.5) is 5.69 Å². The monoisotopic (exact) mass is 412 g/mol. The number of carbonyl (C=O) groups excluding carboxylic acids is 2. The highest BCUT2D eigenvalue weighted by molar-refractivity contribution is 7.99. The number of anilines is 1. The molecule has 0 spiro atoms. The summed E-state index contributed by atoms with van der Waals surface area (Å²) in [5.74, 6) is 1.61. The second kappa shape index (κ2) is 10.5. The summed E-state index contributed by atoms with van der Waals surface area (Å²) < 4.78 is 0. The molecule has 1 saturated heterocycles. The number of rotatable bonds is 7. The summed E-state index contributed by atoms with van der Waals surface area (Å²) in [7, 11) is 0. The van der Waals surface area contributed by atoms with Crippen LogP contribution in [0.2, 0.25) is 0 Å². The molecule has 0 saturated carbocycles. The standard InChI is InChI=1S/C23H29N3O2S/c1-18-7-6-8-19(2)23(18)24-21(27)15-25-11-13-26(14-12-25)22(28)17-29-16-20-9-4-3-5-10-20/h3-10H,11-17H2,1-2H3,(H,24,27)/p+1. The van der Waals surface area contributed by atoms with E-state index >= 15 is 0 Å². The first-order valence-corrected chi connectivity index (χ1v) is 11.3. The van der Waals surface area contributed by atoms with E-state index in [4.69, 9.17) is 0 Å². The minimum Gasteiger partial charge on any atom is -0.331 e. The molecule has 0 aromatic heterocycles. The molecule has 0 bridgehead atoms. The normalized spacial score (nSPS) is 14.6. The van der Waals surface area contributed by atoms with E-state index in [1.54, 1.807) is 11.8 Å². The molecule has 2 aromatic rings. The number of nitrogens with zero attached hydrogens (tertiary/aromatic N) is 1. The molecule has 6 heteroatoms.